The molecule has 1 aliphatic rings. The zero-order valence-electron chi connectivity index (χ0n) is 20.5. The Labute approximate surface area is 199 Å². The first-order chi connectivity index (χ1) is 16.0. The van der Waals surface area contributed by atoms with Crippen LogP contribution < -0.4 is 0 Å². The summed E-state index contributed by atoms with van der Waals surface area (Å²) >= 11 is 0. The number of unbranched alkanes of at least 4 members (excludes halogenated alkanes) is 1. The van der Waals surface area contributed by atoms with Crippen molar-refractivity contribution in [2.45, 2.75) is 97.1 Å². The lowest BCUT2D eigenvalue weighted by Gasteiger charge is -2.29. The molecule has 0 N–H and O–H groups in total. The van der Waals surface area contributed by atoms with Gasteiger partial charge in [-0.15, -0.1) is 0 Å². The third kappa shape index (κ3) is 10.1. The van der Waals surface area contributed by atoms with Crippen LogP contribution in [-0.2, 0) is 25.6 Å². The van der Waals surface area contributed by atoms with E-state index in [9.17, 15) is 9.59 Å². The Hall–Kier alpha value is -2.18. The average Bonchev–Trinajstić information content (AvgIpc) is 3.22. The van der Waals surface area contributed by atoms with E-state index in [1.54, 1.807) is 6.08 Å². The number of hydrogen-bond acceptors (Lipinski definition) is 5. The highest BCUT2D eigenvalue weighted by Crippen LogP contribution is 2.30. The quantitative estimate of drug-likeness (QED) is 0.182. The van der Waals surface area contributed by atoms with Gasteiger partial charge in [0, 0.05) is 25.1 Å². The molecule has 6 heteroatoms. The van der Waals surface area contributed by atoms with E-state index < -0.39 is 0 Å². The third-order valence-electron chi connectivity index (χ3n) is 5.96. The van der Waals surface area contributed by atoms with Crippen LogP contribution in [0.1, 0.15) is 77.7 Å². The molecule has 1 amide bonds. The zero-order valence-corrected chi connectivity index (χ0v) is 20.5. The maximum absolute atomic E-state index is 13.0. The lowest BCUT2D eigenvalue weighted by molar-refractivity contribution is -0.130. The van der Waals surface area contributed by atoms with E-state index in [1.807, 2.05) is 55.2 Å². The van der Waals surface area contributed by atoms with Crippen molar-refractivity contribution in [3.05, 3.63) is 48.0 Å². The fraction of sp³-hybridized carbons (Fsp3) is 0.630. The van der Waals surface area contributed by atoms with Gasteiger partial charge in [-0.25, -0.2) is 4.79 Å². The maximum atomic E-state index is 13.0. The largest absolute Gasteiger partial charge is 0.445 e. The molecule has 0 bridgehead atoms. The number of hydrogen-bond donors (Lipinski definition) is 0. The van der Waals surface area contributed by atoms with Gasteiger partial charge in [0.1, 0.15) is 6.61 Å². The van der Waals surface area contributed by atoms with E-state index in [0.717, 1.165) is 37.7 Å². The second kappa shape index (κ2) is 15.6. The number of ketones is 1. The van der Waals surface area contributed by atoms with Gasteiger partial charge in [-0.05, 0) is 57.6 Å². The SMILES string of the molecule is CCCC[C@@H]1CC[C@@H](C/C=C/C(=O)CCCOC(C)OCC)N1C(=O)OCc1ccccc1. The van der Waals surface area contributed by atoms with E-state index in [4.69, 9.17) is 14.2 Å². The molecule has 2 rings (SSSR count). The average molecular weight is 460 g/mol. The molecule has 1 aliphatic heterocycles. The molecule has 1 aromatic rings. The van der Waals surface area contributed by atoms with E-state index in [0.29, 0.717) is 32.5 Å². The van der Waals surface area contributed by atoms with Gasteiger partial charge in [-0.1, -0.05) is 56.2 Å². The van der Waals surface area contributed by atoms with Crippen LogP contribution >= 0.6 is 0 Å². The van der Waals surface area contributed by atoms with Gasteiger partial charge in [0.25, 0.3) is 0 Å². The van der Waals surface area contributed by atoms with Crippen LogP contribution in [-0.4, -0.2) is 48.4 Å². The van der Waals surface area contributed by atoms with Gasteiger partial charge in [0.15, 0.2) is 12.1 Å². The van der Waals surface area contributed by atoms with Gasteiger partial charge in [0.05, 0.1) is 6.61 Å². The first-order valence-corrected chi connectivity index (χ1v) is 12.5. The summed E-state index contributed by atoms with van der Waals surface area (Å²) in [6.07, 6.45) is 9.99. The highest BCUT2D eigenvalue weighted by molar-refractivity contribution is 5.89. The van der Waals surface area contributed by atoms with Crippen molar-refractivity contribution in [3.8, 4) is 0 Å². The van der Waals surface area contributed by atoms with Crippen molar-refractivity contribution in [1.82, 2.24) is 4.90 Å². The second-order valence-corrected chi connectivity index (χ2v) is 8.58. The summed E-state index contributed by atoms with van der Waals surface area (Å²) in [6, 6.07) is 10.0. The Morgan fingerprint density at radius 1 is 1.09 bits per heavy atom. The van der Waals surface area contributed by atoms with Gasteiger partial charge in [-0.2, -0.15) is 0 Å². The Kier molecular flexibility index (Phi) is 12.8. The summed E-state index contributed by atoms with van der Waals surface area (Å²) < 4.78 is 16.5. The molecule has 3 atom stereocenters. The molecule has 184 valence electrons. The molecule has 0 aliphatic carbocycles. The predicted octanol–water partition coefficient (Wildman–Crippen LogP) is 6.04. The van der Waals surface area contributed by atoms with Crippen LogP contribution in [0, 0.1) is 0 Å². The molecular weight excluding hydrogens is 418 g/mol. The lowest BCUT2D eigenvalue weighted by Crippen LogP contribution is -2.41. The van der Waals surface area contributed by atoms with E-state index >= 15 is 0 Å². The molecule has 0 saturated carbocycles. The molecule has 6 nitrogen and oxygen atoms in total. The molecule has 1 saturated heterocycles. The molecule has 33 heavy (non-hydrogen) atoms. The number of carbonyl (C=O) groups excluding carboxylic acids is 2. The van der Waals surface area contributed by atoms with Gasteiger partial charge in [0.2, 0.25) is 0 Å². The molecular formula is C27H41NO5. The fourth-order valence-electron chi connectivity index (χ4n) is 4.23. The Bertz CT molecular complexity index is 720. The van der Waals surface area contributed by atoms with Crippen molar-refractivity contribution in [3.63, 3.8) is 0 Å². The highest BCUT2D eigenvalue weighted by Gasteiger charge is 2.36. The molecule has 1 unspecified atom stereocenters. The van der Waals surface area contributed by atoms with E-state index in [-0.39, 0.29) is 36.9 Å². The summed E-state index contributed by atoms with van der Waals surface area (Å²) in [5, 5.41) is 0. The van der Waals surface area contributed by atoms with Crippen molar-refractivity contribution in [2.75, 3.05) is 13.2 Å². The molecule has 1 fully saturated rings. The third-order valence-corrected chi connectivity index (χ3v) is 5.96. The predicted molar refractivity (Wildman–Crippen MR) is 130 cm³/mol. The van der Waals surface area contributed by atoms with Crippen LogP contribution in [0.25, 0.3) is 0 Å². The number of carbonyl (C=O) groups is 2. The molecule has 0 spiro atoms. The highest BCUT2D eigenvalue weighted by atomic mass is 16.7. The van der Waals surface area contributed by atoms with Crippen molar-refractivity contribution < 1.29 is 23.8 Å². The van der Waals surface area contributed by atoms with Crippen molar-refractivity contribution in [2.24, 2.45) is 0 Å². The molecule has 0 aromatic heterocycles. The van der Waals surface area contributed by atoms with Crippen molar-refractivity contribution in [1.29, 1.82) is 0 Å². The Morgan fingerprint density at radius 3 is 2.58 bits per heavy atom. The Morgan fingerprint density at radius 2 is 1.85 bits per heavy atom. The first kappa shape index (κ1) is 27.1. The second-order valence-electron chi connectivity index (χ2n) is 8.58. The van der Waals surface area contributed by atoms with Crippen LogP contribution in [0.3, 0.4) is 0 Å². The monoisotopic (exact) mass is 459 g/mol. The summed E-state index contributed by atoms with van der Waals surface area (Å²) in [4.78, 5) is 27.1. The fourth-order valence-corrected chi connectivity index (χ4v) is 4.23. The molecule has 1 heterocycles. The topological polar surface area (TPSA) is 65.1 Å². The van der Waals surface area contributed by atoms with Gasteiger partial charge in [-0.3, -0.25) is 4.79 Å². The molecule has 1 aromatic carbocycles. The minimum atomic E-state index is -0.247. The van der Waals surface area contributed by atoms with E-state index in [2.05, 4.69) is 6.92 Å². The van der Waals surface area contributed by atoms with Crippen LogP contribution in [0.4, 0.5) is 4.79 Å². The van der Waals surface area contributed by atoms with Crippen LogP contribution in [0.15, 0.2) is 42.5 Å². The normalized spacial score (nSPS) is 19.2. The summed E-state index contributed by atoms with van der Waals surface area (Å²) in [5.41, 5.74) is 0.983. The number of benzene rings is 1. The standard InChI is InChI=1S/C27H41NO5/c1-4-6-14-24-18-19-25(28(24)27(30)33-21-23-12-8-7-9-13-23)15-10-16-26(29)17-11-20-32-22(3)31-5-2/h7-10,12-13,16,22,24-25H,4-6,11,14-15,17-21H2,1-3H3/b16-10+/t22?,24-,25-/m1/s1. The lowest BCUT2D eigenvalue weighted by atomic mass is 10.1. The number of likely N-dealkylation sites (tertiary alicyclic amines) is 1. The minimum Gasteiger partial charge on any atom is -0.445 e. The number of ether oxygens (including phenoxy) is 3. The number of nitrogens with zero attached hydrogens (tertiary/aromatic N) is 1. The molecule has 0 radical (unpaired) electrons. The number of allylic oxidation sites excluding steroid dienone is 1. The maximum Gasteiger partial charge on any atom is 0.410 e. The summed E-state index contributed by atoms with van der Waals surface area (Å²) in [7, 11) is 0. The van der Waals surface area contributed by atoms with Crippen LogP contribution in [0.2, 0.25) is 0 Å². The summed E-state index contributed by atoms with van der Waals surface area (Å²) in [5.74, 6) is 0.0846. The Balaban J connectivity index is 1.82. The van der Waals surface area contributed by atoms with Crippen molar-refractivity contribution >= 4 is 11.9 Å². The minimum absolute atomic E-state index is 0.0783. The van der Waals surface area contributed by atoms with E-state index in [1.165, 1.54) is 0 Å². The summed E-state index contributed by atoms with van der Waals surface area (Å²) in [6.45, 7) is 7.35. The van der Waals surface area contributed by atoms with Gasteiger partial charge >= 0.3 is 6.09 Å². The number of amides is 1. The smallest absolute Gasteiger partial charge is 0.410 e. The zero-order chi connectivity index (χ0) is 23.9. The first-order valence-electron chi connectivity index (χ1n) is 12.5. The van der Waals surface area contributed by atoms with Gasteiger partial charge < -0.3 is 19.1 Å². The van der Waals surface area contributed by atoms with Crippen LogP contribution in [0.5, 0.6) is 0 Å². The number of rotatable bonds is 15.